The van der Waals surface area contributed by atoms with Crippen molar-refractivity contribution in [1.82, 2.24) is 9.97 Å². The monoisotopic (exact) mass is 354 g/mol. The molecule has 130 valence electrons. The lowest BCUT2D eigenvalue weighted by atomic mass is 10.2. The van der Waals surface area contributed by atoms with E-state index in [2.05, 4.69) is 27.9 Å². The van der Waals surface area contributed by atoms with Crippen molar-refractivity contribution in [3.05, 3.63) is 46.9 Å². The van der Waals surface area contributed by atoms with E-state index in [1.807, 2.05) is 4.90 Å². The molecule has 24 heavy (non-hydrogen) atoms. The molecule has 0 saturated carbocycles. The van der Waals surface area contributed by atoms with Gasteiger partial charge in [-0.1, -0.05) is 12.2 Å². The molecule has 0 N–H and O–H groups in total. The summed E-state index contributed by atoms with van der Waals surface area (Å²) >= 11 is 5.76. The number of ether oxygens (including phenoxy) is 1. The Morgan fingerprint density at radius 2 is 1.96 bits per heavy atom. The zero-order valence-electron chi connectivity index (χ0n) is 13.5. The van der Waals surface area contributed by atoms with E-state index in [1.54, 1.807) is 12.2 Å². The van der Waals surface area contributed by atoms with Crippen molar-refractivity contribution in [3.8, 4) is 0 Å². The van der Waals surface area contributed by atoms with E-state index >= 15 is 0 Å². The zero-order chi connectivity index (χ0) is 18.3. The Balaban J connectivity index is 0.000000505. The Morgan fingerprint density at radius 1 is 1.46 bits per heavy atom. The van der Waals surface area contributed by atoms with Crippen LogP contribution >= 0.6 is 11.6 Å². The normalized spacial score (nSPS) is 19.0. The predicted molar refractivity (Wildman–Crippen MR) is 91.1 cm³/mol. The number of carbonyl (C=O) groups excluding carboxylic acids is 1. The second-order valence-corrected chi connectivity index (χ2v) is 5.23. The van der Waals surface area contributed by atoms with Gasteiger partial charge in [-0.05, 0) is 24.4 Å². The third kappa shape index (κ3) is 4.76. The van der Waals surface area contributed by atoms with E-state index in [0.29, 0.717) is 0 Å². The maximum absolute atomic E-state index is 11.1. The molecular formula is C15H19ClN4O4. The Hall–Kier alpha value is -2.48. The van der Waals surface area contributed by atoms with Crippen LogP contribution in [-0.2, 0) is 9.53 Å². The number of nitrogens with zero attached hydrogens (tertiary/aromatic N) is 4. The second kappa shape index (κ2) is 8.97. The lowest BCUT2D eigenvalue weighted by Crippen LogP contribution is -2.35. The lowest BCUT2D eigenvalue weighted by molar-refractivity contribution is -0.384. The van der Waals surface area contributed by atoms with Crippen LogP contribution in [0.15, 0.2) is 31.5 Å². The highest BCUT2D eigenvalue weighted by Gasteiger charge is 2.35. The first-order valence-corrected chi connectivity index (χ1v) is 7.48. The van der Waals surface area contributed by atoms with Crippen LogP contribution in [0.3, 0.4) is 0 Å². The second-order valence-electron chi connectivity index (χ2n) is 4.89. The van der Waals surface area contributed by atoms with Crippen LogP contribution in [0.5, 0.6) is 0 Å². The van der Waals surface area contributed by atoms with Gasteiger partial charge in [0.1, 0.15) is 6.20 Å². The molecule has 1 fully saturated rings. The number of anilines is 1. The molecule has 1 aliphatic rings. The molecule has 1 aromatic rings. The molecule has 1 unspecified atom stereocenters. The predicted octanol–water partition coefficient (Wildman–Crippen LogP) is 2.93. The molecular weight excluding hydrogens is 336 g/mol. The maximum atomic E-state index is 11.1. The average molecular weight is 355 g/mol. The van der Waals surface area contributed by atoms with Crippen molar-refractivity contribution in [3.63, 3.8) is 0 Å². The minimum Gasteiger partial charge on any atom is -0.469 e. The summed E-state index contributed by atoms with van der Waals surface area (Å²) in [4.78, 5) is 29.7. The maximum Gasteiger partial charge on any atom is 0.329 e. The quantitative estimate of drug-likeness (QED) is 0.269. The summed E-state index contributed by atoms with van der Waals surface area (Å²) < 4.78 is 4.11. The highest BCUT2D eigenvalue weighted by Crippen LogP contribution is 2.36. The summed E-state index contributed by atoms with van der Waals surface area (Å²) in [7, 11) is 1.35. The van der Waals surface area contributed by atoms with Crippen LogP contribution in [-0.4, -0.2) is 40.1 Å². The molecule has 2 rings (SSSR count). The minimum atomic E-state index is -0.510. The summed E-state index contributed by atoms with van der Waals surface area (Å²) in [5.41, 5.74) is -0.162. The smallest absolute Gasteiger partial charge is 0.329 e. The van der Waals surface area contributed by atoms with Gasteiger partial charge in [-0.25, -0.2) is 4.98 Å². The van der Waals surface area contributed by atoms with Crippen molar-refractivity contribution >= 4 is 29.1 Å². The van der Waals surface area contributed by atoms with E-state index in [-0.39, 0.29) is 34.8 Å². The van der Waals surface area contributed by atoms with Crippen molar-refractivity contribution < 1.29 is 14.5 Å². The van der Waals surface area contributed by atoms with Gasteiger partial charge < -0.3 is 9.64 Å². The fraction of sp³-hybridized carbons (Fsp3) is 0.400. The van der Waals surface area contributed by atoms with Crippen molar-refractivity contribution in [2.75, 3.05) is 12.0 Å². The van der Waals surface area contributed by atoms with Crippen LogP contribution in [0, 0.1) is 10.1 Å². The summed E-state index contributed by atoms with van der Waals surface area (Å²) in [6.45, 7) is 8.88. The Kier molecular flexibility index (Phi) is 7.31. The highest BCUT2D eigenvalue weighted by molar-refractivity contribution is 6.28. The number of esters is 1. The highest BCUT2D eigenvalue weighted by atomic mass is 35.5. The number of hydrogen-bond donors (Lipinski definition) is 0. The summed E-state index contributed by atoms with van der Waals surface area (Å²) in [5, 5.41) is 11.1. The topological polar surface area (TPSA) is 98.5 Å². The van der Waals surface area contributed by atoms with Gasteiger partial charge in [0, 0.05) is 19.0 Å². The van der Waals surface area contributed by atoms with E-state index in [0.717, 1.165) is 19.0 Å². The van der Waals surface area contributed by atoms with Crippen LogP contribution < -0.4 is 4.90 Å². The molecule has 0 spiro atoms. The molecule has 9 heteroatoms. The molecule has 8 nitrogen and oxygen atoms in total. The molecule has 0 aliphatic carbocycles. The SMILES string of the molecule is C=CC1CC[C@H](C=C)N1c1nc(Cl)ncc1[N+](=O)[O-].COC(C)=O. The van der Waals surface area contributed by atoms with Gasteiger partial charge in [-0.3, -0.25) is 14.9 Å². The van der Waals surface area contributed by atoms with Gasteiger partial charge in [0.2, 0.25) is 11.1 Å². The number of carbonyl (C=O) groups is 1. The molecule has 1 aromatic heterocycles. The summed E-state index contributed by atoms with van der Waals surface area (Å²) in [6, 6.07) is -0.0414. The summed E-state index contributed by atoms with van der Waals surface area (Å²) in [6.07, 6.45) is 6.33. The molecule has 0 amide bonds. The number of rotatable bonds is 4. The number of aromatic nitrogens is 2. The van der Waals surface area contributed by atoms with Gasteiger partial charge in [0.05, 0.1) is 12.0 Å². The molecule has 0 radical (unpaired) electrons. The molecule has 2 heterocycles. The van der Waals surface area contributed by atoms with Crippen LogP contribution in [0.1, 0.15) is 19.8 Å². The molecule has 1 aliphatic heterocycles. The molecule has 1 saturated heterocycles. The van der Waals surface area contributed by atoms with Crippen molar-refractivity contribution in [2.24, 2.45) is 0 Å². The Bertz CT molecular complexity index is 622. The van der Waals surface area contributed by atoms with E-state index in [1.165, 1.54) is 14.0 Å². The Labute approximate surface area is 144 Å². The number of methoxy groups -OCH3 is 1. The first-order valence-electron chi connectivity index (χ1n) is 7.10. The van der Waals surface area contributed by atoms with Gasteiger partial charge in [-0.2, -0.15) is 4.98 Å². The Morgan fingerprint density at radius 3 is 2.33 bits per heavy atom. The van der Waals surface area contributed by atoms with E-state index in [4.69, 9.17) is 11.6 Å². The van der Waals surface area contributed by atoms with Crippen molar-refractivity contribution in [2.45, 2.75) is 31.8 Å². The lowest BCUT2D eigenvalue weighted by Gasteiger charge is -2.27. The molecule has 2 atom stereocenters. The first-order chi connectivity index (χ1) is 11.3. The largest absolute Gasteiger partial charge is 0.469 e. The fourth-order valence-corrected chi connectivity index (χ4v) is 2.44. The third-order valence-electron chi connectivity index (χ3n) is 3.47. The number of halogens is 1. The minimum absolute atomic E-state index is 0.0156. The van der Waals surface area contributed by atoms with Crippen molar-refractivity contribution in [1.29, 1.82) is 0 Å². The first kappa shape index (κ1) is 19.6. The summed E-state index contributed by atoms with van der Waals surface area (Å²) in [5.74, 6) is -0.0256. The molecule has 0 bridgehead atoms. The van der Waals surface area contributed by atoms with Crippen LogP contribution in [0.4, 0.5) is 11.5 Å². The number of hydrogen-bond acceptors (Lipinski definition) is 7. The van der Waals surface area contributed by atoms with Gasteiger partial charge in [-0.15, -0.1) is 13.2 Å². The van der Waals surface area contributed by atoms with Crippen LogP contribution in [0.2, 0.25) is 5.28 Å². The molecule has 0 aromatic carbocycles. The third-order valence-corrected chi connectivity index (χ3v) is 3.65. The van der Waals surface area contributed by atoms with Gasteiger partial charge >= 0.3 is 11.7 Å². The number of nitro groups is 1. The standard InChI is InChI=1S/C12H13ClN4O2.C3H6O2/c1-3-8-5-6-9(4-2)16(8)11-10(17(18)19)7-14-12(13)15-11;1-3(4)5-2/h3-4,7-9H,1-2,5-6H2;1-2H3/t8-,9?;/m0./s1. The zero-order valence-corrected chi connectivity index (χ0v) is 14.3. The van der Waals surface area contributed by atoms with Gasteiger partial charge in [0.15, 0.2) is 0 Å². The van der Waals surface area contributed by atoms with Gasteiger partial charge in [0.25, 0.3) is 0 Å². The van der Waals surface area contributed by atoms with E-state index < -0.39 is 4.92 Å². The fourth-order valence-electron chi connectivity index (χ4n) is 2.31. The van der Waals surface area contributed by atoms with Crippen LogP contribution in [0.25, 0.3) is 0 Å². The average Bonchev–Trinajstić information content (AvgIpc) is 2.97. The van der Waals surface area contributed by atoms with E-state index in [9.17, 15) is 14.9 Å².